The summed E-state index contributed by atoms with van der Waals surface area (Å²) in [5.74, 6) is 1.36. The van der Waals surface area contributed by atoms with Crippen molar-refractivity contribution in [3.05, 3.63) is 0 Å². The first-order valence-corrected chi connectivity index (χ1v) is 4.57. The van der Waals surface area contributed by atoms with Gasteiger partial charge in [0.2, 0.25) is 0 Å². The Kier molecular flexibility index (Phi) is 2.55. The van der Waals surface area contributed by atoms with E-state index in [0.717, 1.165) is 12.3 Å². The Bertz CT molecular complexity index is 136. The van der Waals surface area contributed by atoms with Gasteiger partial charge < -0.3 is 11.5 Å². The van der Waals surface area contributed by atoms with E-state index in [9.17, 15) is 0 Å². The van der Waals surface area contributed by atoms with E-state index in [1.165, 1.54) is 12.8 Å². The quantitative estimate of drug-likeness (QED) is 0.597. The van der Waals surface area contributed by atoms with Crippen LogP contribution >= 0.6 is 0 Å². The molecule has 3 unspecified atom stereocenters. The Balaban J connectivity index is 2.60. The van der Waals surface area contributed by atoms with E-state index < -0.39 is 0 Å². The third-order valence-electron chi connectivity index (χ3n) is 3.18. The van der Waals surface area contributed by atoms with Crippen LogP contribution in [0.2, 0.25) is 0 Å². The molecule has 3 atom stereocenters. The predicted octanol–water partition coefficient (Wildman–Crippen LogP) is 1.10. The molecule has 66 valence electrons. The topological polar surface area (TPSA) is 52.0 Å². The van der Waals surface area contributed by atoms with Gasteiger partial charge in [-0.3, -0.25) is 0 Å². The standard InChI is InChI=1S/C9H20N2/c1-7-3-4-8(2)9(11,5-7)6-10/h7-8H,3-6,10-11H2,1-2H3. The molecule has 1 fully saturated rings. The van der Waals surface area contributed by atoms with Crippen molar-refractivity contribution in [3.8, 4) is 0 Å². The van der Waals surface area contributed by atoms with Crippen LogP contribution in [0.5, 0.6) is 0 Å². The third kappa shape index (κ3) is 1.74. The first kappa shape index (κ1) is 9.01. The number of rotatable bonds is 1. The van der Waals surface area contributed by atoms with Crippen molar-refractivity contribution in [3.63, 3.8) is 0 Å². The van der Waals surface area contributed by atoms with Crippen LogP contribution in [0.3, 0.4) is 0 Å². The first-order valence-electron chi connectivity index (χ1n) is 4.57. The van der Waals surface area contributed by atoms with Gasteiger partial charge in [-0.2, -0.15) is 0 Å². The summed E-state index contributed by atoms with van der Waals surface area (Å²) >= 11 is 0. The zero-order valence-corrected chi connectivity index (χ0v) is 7.64. The van der Waals surface area contributed by atoms with Gasteiger partial charge in [0.1, 0.15) is 0 Å². The fourth-order valence-electron chi connectivity index (χ4n) is 2.06. The van der Waals surface area contributed by atoms with Gasteiger partial charge in [0.05, 0.1) is 0 Å². The minimum absolute atomic E-state index is 0.0718. The highest BCUT2D eigenvalue weighted by Gasteiger charge is 2.35. The van der Waals surface area contributed by atoms with Crippen molar-refractivity contribution in [2.75, 3.05) is 6.54 Å². The number of nitrogens with two attached hydrogens (primary N) is 2. The monoisotopic (exact) mass is 156 g/mol. The van der Waals surface area contributed by atoms with Gasteiger partial charge in [-0.25, -0.2) is 0 Å². The number of hydrogen-bond donors (Lipinski definition) is 2. The zero-order chi connectivity index (χ0) is 8.48. The van der Waals surface area contributed by atoms with E-state index in [0.29, 0.717) is 12.5 Å². The van der Waals surface area contributed by atoms with Gasteiger partial charge in [0.15, 0.2) is 0 Å². The van der Waals surface area contributed by atoms with Crippen LogP contribution in [-0.2, 0) is 0 Å². The lowest BCUT2D eigenvalue weighted by Gasteiger charge is -2.41. The summed E-state index contributed by atoms with van der Waals surface area (Å²) in [5, 5.41) is 0. The summed E-state index contributed by atoms with van der Waals surface area (Å²) in [4.78, 5) is 0. The molecular formula is C9H20N2. The molecule has 0 heterocycles. The molecule has 4 N–H and O–H groups in total. The minimum atomic E-state index is -0.0718. The molecule has 0 aromatic carbocycles. The highest BCUT2D eigenvalue weighted by Crippen LogP contribution is 2.34. The van der Waals surface area contributed by atoms with E-state index in [2.05, 4.69) is 13.8 Å². The molecule has 0 radical (unpaired) electrons. The van der Waals surface area contributed by atoms with Crippen molar-refractivity contribution < 1.29 is 0 Å². The van der Waals surface area contributed by atoms with Crippen molar-refractivity contribution in [1.82, 2.24) is 0 Å². The molecule has 2 heteroatoms. The van der Waals surface area contributed by atoms with Crippen molar-refractivity contribution in [1.29, 1.82) is 0 Å². The molecule has 0 amide bonds. The maximum Gasteiger partial charge on any atom is 0.0307 e. The second-order valence-corrected chi connectivity index (χ2v) is 4.22. The van der Waals surface area contributed by atoms with Gasteiger partial charge >= 0.3 is 0 Å². The summed E-state index contributed by atoms with van der Waals surface area (Å²) in [6, 6.07) is 0. The fraction of sp³-hybridized carbons (Fsp3) is 1.00. The Hall–Kier alpha value is -0.0800. The molecule has 1 aliphatic rings. The molecule has 1 aliphatic carbocycles. The third-order valence-corrected chi connectivity index (χ3v) is 3.18. The van der Waals surface area contributed by atoms with Crippen molar-refractivity contribution in [2.45, 2.75) is 38.6 Å². The fourth-order valence-corrected chi connectivity index (χ4v) is 2.06. The maximum atomic E-state index is 6.17. The molecule has 1 saturated carbocycles. The Morgan fingerprint density at radius 1 is 1.36 bits per heavy atom. The highest BCUT2D eigenvalue weighted by molar-refractivity contribution is 4.94. The summed E-state index contributed by atoms with van der Waals surface area (Å²) < 4.78 is 0. The molecule has 0 aromatic rings. The van der Waals surface area contributed by atoms with E-state index in [4.69, 9.17) is 11.5 Å². The summed E-state index contributed by atoms with van der Waals surface area (Å²) in [7, 11) is 0. The van der Waals surface area contributed by atoms with E-state index >= 15 is 0 Å². The van der Waals surface area contributed by atoms with Crippen LogP contribution in [0, 0.1) is 11.8 Å². The molecular weight excluding hydrogens is 136 g/mol. The smallest absolute Gasteiger partial charge is 0.0307 e. The zero-order valence-electron chi connectivity index (χ0n) is 7.64. The van der Waals surface area contributed by atoms with Crippen LogP contribution < -0.4 is 11.5 Å². The van der Waals surface area contributed by atoms with Crippen molar-refractivity contribution >= 4 is 0 Å². The SMILES string of the molecule is CC1CCC(C)C(N)(CN)C1. The lowest BCUT2D eigenvalue weighted by atomic mass is 9.70. The van der Waals surface area contributed by atoms with Gasteiger partial charge in [0.25, 0.3) is 0 Å². The molecule has 0 bridgehead atoms. The second kappa shape index (κ2) is 3.11. The average Bonchev–Trinajstić information content (AvgIpc) is 1.98. The molecule has 1 rings (SSSR count). The molecule has 11 heavy (non-hydrogen) atoms. The minimum Gasteiger partial charge on any atom is -0.329 e. The van der Waals surface area contributed by atoms with Crippen molar-refractivity contribution in [2.24, 2.45) is 23.3 Å². The molecule has 0 spiro atoms. The average molecular weight is 156 g/mol. The highest BCUT2D eigenvalue weighted by atomic mass is 14.8. The first-order chi connectivity index (χ1) is 5.08. The van der Waals surface area contributed by atoms with Gasteiger partial charge in [0, 0.05) is 12.1 Å². The second-order valence-electron chi connectivity index (χ2n) is 4.22. The Labute approximate surface area is 69.3 Å². The number of hydrogen-bond acceptors (Lipinski definition) is 2. The van der Waals surface area contributed by atoms with E-state index in [-0.39, 0.29) is 5.54 Å². The Morgan fingerprint density at radius 3 is 2.45 bits per heavy atom. The van der Waals surface area contributed by atoms with E-state index in [1.807, 2.05) is 0 Å². The lowest BCUT2D eigenvalue weighted by molar-refractivity contribution is 0.168. The summed E-state index contributed by atoms with van der Waals surface area (Å²) in [6.07, 6.45) is 3.67. The van der Waals surface area contributed by atoms with E-state index in [1.54, 1.807) is 0 Å². The normalized spacial score (nSPS) is 45.8. The van der Waals surface area contributed by atoms with Gasteiger partial charge in [-0.15, -0.1) is 0 Å². The predicted molar refractivity (Wildman–Crippen MR) is 48.2 cm³/mol. The maximum absolute atomic E-state index is 6.17. The van der Waals surface area contributed by atoms with Gasteiger partial charge in [-0.1, -0.05) is 20.3 Å². The molecule has 0 aliphatic heterocycles. The van der Waals surface area contributed by atoms with Crippen LogP contribution in [0.15, 0.2) is 0 Å². The largest absolute Gasteiger partial charge is 0.329 e. The van der Waals surface area contributed by atoms with Crippen LogP contribution in [0.4, 0.5) is 0 Å². The summed E-state index contributed by atoms with van der Waals surface area (Å²) in [5.41, 5.74) is 11.8. The van der Waals surface area contributed by atoms with Crippen LogP contribution in [0.1, 0.15) is 33.1 Å². The Morgan fingerprint density at radius 2 is 2.00 bits per heavy atom. The van der Waals surface area contributed by atoms with Crippen LogP contribution in [0.25, 0.3) is 0 Å². The lowest BCUT2D eigenvalue weighted by Crippen LogP contribution is -2.55. The van der Waals surface area contributed by atoms with Crippen LogP contribution in [-0.4, -0.2) is 12.1 Å². The van der Waals surface area contributed by atoms with Gasteiger partial charge in [-0.05, 0) is 24.7 Å². The molecule has 0 saturated heterocycles. The summed E-state index contributed by atoms with van der Waals surface area (Å²) in [6.45, 7) is 5.13. The molecule has 2 nitrogen and oxygen atoms in total. The molecule has 0 aromatic heterocycles.